The zero-order valence-electron chi connectivity index (χ0n) is 9.12. The number of carbonyl (C=O) groups is 1. The third kappa shape index (κ3) is 3.27. The summed E-state index contributed by atoms with van der Waals surface area (Å²) in [7, 11) is 0. The van der Waals surface area contributed by atoms with Crippen molar-refractivity contribution in [3.63, 3.8) is 0 Å². The standard InChI is InChI=1S/C9H14N4O2S/c1-6(2)13-8(10)11-12-9(13)16-5-3-4-7(14)15/h3-4,6H,5H2,1-2H3,(H2,10,11)(H,14,15). The van der Waals surface area contributed by atoms with Crippen LogP contribution in [0.1, 0.15) is 19.9 Å². The molecule has 0 saturated carbocycles. The van der Waals surface area contributed by atoms with Gasteiger partial charge in [-0.25, -0.2) is 4.79 Å². The van der Waals surface area contributed by atoms with E-state index in [4.69, 9.17) is 10.8 Å². The van der Waals surface area contributed by atoms with Gasteiger partial charge >= 0.3 is 5.97 Å². The molecule has 16 heavy (non-hydrogen) atoms. The van der Waals surface area contributed by atoms with Crippen LogP contribution >= 0.6 is 11.8 Å². The molecule has 6 nitrogen and oxygen atoms in total. The number of nitrogen functional groups attached to an aromatic ring is 1. The number of nitrogens with zero attached hydrogens (tertiary/aromatic N) is 3. The lowest BCUT2D eigenvalue weighted by Gasteiger charge is -2.10. The number of aliphatic carboxylic acids is 1. The smallest absolute Gasteiger partial charge is 0.328 e. The summed E-state index contributed by atoms with van der Waals surface area (Å²) in [4.78, 5) is 10.2. The Bertz CT molecular complexity index is 400. The van der Waals surface area contributed by atoms with E-state index in [1.54, 1.807) is 10.6 Å². The predicted molar refractivity (Wildman–Crippen MR) is 62.3 cm³/mol. The molecule has 0 aliphatic rings. The molecule has 88 valence electrons. The maximum Gasteiger partial charge on any atom is 0.328 e. The van der Waals surface area contributed by atoms with E-state index in [-0.39, 0.29) is 6.04 Å². The lowest BCUT2D eigenvalue weighted by molar-refractivity contribution is -0.131. The number of rotatable bonds is 5. The fourth-order valence-corrected chi connectivity index (χ4v) is 2.03. The summed E-state index contributed by atoms with van der Waals surface area (Å²) in [5.74, 6) is -0.0536. The summed E-state index contributed by atoms with van der Waals surface area (Å²) in [5.41, 5.74) is 5.66. The highest BCUT2D eigenvalue weighted by Crippen LogP contribution is 2.22. The van der Waals surface area contributed by atoms with Crippen molar-refractivity contribution in [1.29, 1.82) is 0 Å². The minimum atomic E-state index is -0.953. The van der Waals surface area contributed by atoms with Crippen LogP contribution in [0, 0.1) is 0 Å². The van der Waals surface area contributed by atoms with E-state index in [1.807, 2.05) is 13.8 Å². The molecule has 7 heteroatoms. The summed E-state index contributed by atoms with van der Waals surface area (Å²) >= 11 is 1.40. The van der Waals surface area contributed by atoms with Gasteiger partial charge in [-0.05, 0) is 13.8 Å². The zero-order valence-corrected chi connectivity index (χ0v) is 9.94. The van der Waals surface area contributed by atoms with Crippen LogP contribution in [0.5, 0.6) is 0 Å². The quantitative estimate of drug-likeness (QED) is 0.594. The molecule has 0 unspecified atom stereocenters. The van der Waals surface area contributed by atoms with Gasteiger partial charge in [0, 0.05) is 17.9 Å². The Morgan fingerprint density at radius 3 is 2.88 bits per heavy atom. The largest absolute Gasteiger partial charge is 0.478 e. The highest BCUT2D eigenvalue weighted by atomic mass is 32.2. The number of carboxylic acids is 1. The van der Waals surface area contributed by atoms with E-state index in [9.17, 15) is 4.79 Å². The maximum absolute atomic E-state index is 10.2. The van der Waals surface area contributed by atoms with Gasteiger partial charge in [-0.2, -0.15) is 0 Å². The Balaban J connectivity index is 2.64. The molecule has 1 rings (SSSR count). The number of thioether (sulfide) groups is 1. The molecule has 0 spiro atoms. The molecule has 0 fully saturated rings. The molecule has 0 bridgehead atoms. The first kappa shape index (κ1) is 12.6. The molecule has 1 aromatic rings. The van der Waals surface area contributed by atoms with E-state index in [2.05, 4.69) is 10.2 Å². The van der Waals surface area contributed by atoms with Crippen molar-refractivity contribution >= 4 is 23.7 Å². The van der Waals surface area contributed by atoms with E-state index in [1.165, 1.54) is 11.8 Å². The highest BCUT2D eigenvalue weighted by Gasteiger charge is 2.11. The molecule has 0 radical (unpaired) electrons. The fraction of sp³-hybridized carbons (Fsp3) is 0.444. The minimum Gasteiger partial charge on any atom is -0.478 e. The van der Waals surface area contributed by atoms with Crippen LogP contribution in [0.2, 0.25) is 0 Å². The monoisotopic (exact) mass is 242 g/mol. The van der Waals surface area contributed by atoms with Gasteiger partial charge in [0.2, 0.25) is 5.95 Å². The van der Waals surface area contributed by atoms with Crippen LogP contribution in [0.25, 0.3) is 0 Å². The number of carboxylic acid groups (broad SMARTS) is 1. The number of anilines is 1. The second kappa shape index (κ2) is 5.55. The Hall–Kier alpha value is -1.50. The first-order valence-electron chi connectivity index (χ1n) is 4.75. The van der Waals surface area contributed by atoms with E-state index < -0.39 is 5.97 Å². The second-order valence-electron chi connectivity index (χ2n) is 3.36. The molecule has 1 heterocycles. The summed E-state index contributed by atoms with van der Waals surface area (Å²) in [5, 5.41) is 16.8. The molecule has 3 N–H and O–H groups in total. The number of hydrogen-bond donors (Lipinski definition) is 2. The third-order valence-electron chi connectivity index (χ3n) is 1.78. The van der Waals surface area contributed by atoms with Crippen molar-refractivity contribution in [3.8, 4) is 0 Å². The lowest BCUT2D eigenvalue weighted by Crippen LogP contribution is -2.07. The first-order valence-corrected chi connectivity index (χ1v) is 5.73. The minimum absolute atomic E-state index is 0.181. The predicted octanol–water partition coefficient (Wildman–Crippen LogP) is 1.17. The molecule has 0 aromatic carbocycles. The van der Waals surface area contributed by atoms with Crippen LogP contribution in [0.15, 0.2) is 17.3 Å². The van der Waals surface area contributed by atoms with Gasteiger partial charge in [0.05, 0.1) is 0 Å². The Morgan fingerprint density at radius 1 is 1.62 bits per heavy atom. The van der Waals surface area contributed by atoms with Gasteiger partial charge in [-0.1, -0.05) is 17.8 Å². The van der Waals surface area contributed by atoms with Gasteiger partial charge < -0.3 is 10.8 Å². The van der Waals surface area contributed by atoms with Crippen LogP contribution in [-0.2, 0) is 4.79 Å². The number of hydrogen-bond acceptors (Lipinski definition) is 5. The van der Waals surface area contributed by atoms with Gasteiger partial charge in [-0.3, -0.25) is 4.57 Å². The van der Waals surface area contributed by atoms with E-state index in [0.717, 1.165) is 6.08 Å². The van der Waals surface area contributed by atoms with Gasteiger partial charge in [0.15, 0.2) is 5.16 Å². The third-order valence-corrected chi connectivity index (χ3v) is 2.67. The fourth-order valence-electron chi connectivity index (χ4n) is 1.14. The Kier molecular flexibility index (Phi) is 4.36. The molecule has 1 aromatic heterocycles. The van der Waals surface area contributed by atoms with Crippen molar-refractivity contribution < 1.29 is 9.90 Å². The maximum atomic E-state index is 10.2. The molecular formula is C9H14N4O2S. The van der Waals surface area contributed by atoms with Crippen molar-refractivity contribution in [1.82, 2.24) is 14.8 Å². The SMILES string of the molecule is CC(C)n1c(N)nnc1SCC=CC(=O)O. The Morgan fingerprint density at radius 2 is 2.31 bits per heavy atom. The number of nitrogens with two attached hydrogens (primary N) is 1. The van der Waals surface area contributed by atoms with Crippen LogP contribution in [0.3, 0.4) is 0 Å². The molecule has 0 aliphatic carbocycles. The van der Waals surface area contributed by atoms with Crippen LogP contribution in [-0.4, -0.2) is 31.6 Å². The first-order chi connectivity index (χ1) is 7.52. The summed E-state index contributed by atoms with van der Waals surface area (Å²) < 4.78 is 1.80. The molecule has 0 aliphatic heterocycles. The average molecular weight is 242 g/mol. The summed E-state index contributed by atoms with van der Waals surface area (Å²) in [6, 6.07) is 0.181. The van der Waals surface area contributed by atoms with Gasteiger partial charge in [0.25, 0.3) is 0 Å². The number of aromatic nitrogens is 3. The van der Waals surface area contributed by atoms with Gasteiger partial charge in [-0.15, -0.1) is 10.2 Å². The van der Waals surface area contributed by atoms with Crippen molar-refractivity contribution in [2.75, 3.05) is 11.5 Å². The summed E-state index contributed by atoms with van der Waals surface area (Å²) in [6.45, 7) is 3.97. The zero-order chi connectivity index (χ0) is 12.1. The van der Waals surface area contributed by atoms with Crippen molar-refractivity contribution in [3.05, 3.63) is 12.2 Å². The highest BCUT2D eigenvalue weighted by molar-refractivity contribution is 7.99. The van der Waals surface area contributed by atoms with E-state index >= 15 is 0 Å². The summed E-state index contributed by atoms with van der Waals surface area (Å²) in [6.07, 6.45) is 2.66. The van der Waals surface area contributed by atoms with E-state index in [0.29, 0.717) is 16.9 Å². The van der Waals surface area contributed by atoms with Crippen LogP contribution in [0.4, 0.5) is 5.95 Å². The van der Waals surface area contributed by atoms with Crippen LogP contribution < -0.4 is 5.73 Å². The molecular weight excluding hydrogens is 228 g/mol. The average Bonchev–Trinajstić information content (AvgIpc) is 2.54. The second-order valence-corrected chi connectivity index (χ2v) is 4.34. The molecule has 0 atom stereocenters. The normalized spacial score (nSPS) is 11.4. The van der Waals surface area contributed by atoms with Gasteiger partial charge in [0.1, 0.15) is 0 Å². The Labute approximate surface area is 97.5 Å². The molecule has 0 amide bonds. The van der Waals surface area contributed by atoms with Crippen molar-refractivity contribution in [2.24, 2.45) is 0 Å². The topological polar surface area (TPSA) is 94.0 Å². The molecule has 0 saturated heterocycles. The lowest BCUT2D eigenvalue weighted by atomic mass is 10.4. The van der Waals surface area contributed by atoms with Crippen molar-refractivity contribution in [2.45, 2.75) is 25.0 Å².